The SMILES string of the molecule is Cc1cc(C)c(C(=O)O)c(-n2ccc(C(N)=O)n2)n1. The van der Waals surface area contributed by atoms with E-state index in [0.717, 1.165) is 0 Å². The summed E-state index contributed by atoms with van der Waals surface area (Å²) in [4.78, 5) is 26.5. The number of carbonyl (C=O) groups excluding carboxylic acids is 1. The molecule has 0 saturated heterocycles. The lowest BCUT2D eigenvalue weighted by molar-refractivity contribution is 0.0695. The van der Waals surface area contributed by atoms with Gasteiger partial charge in [0.15, 0.2) is 5.82 Å². The van der Waals surface area contributed by atoms with E-state index in [0.29, 0.717) is 11.3 Å². The first-order valence-electron chi connectivity index (χ1n) is 5.47. The summed E-state index contributed by atoms with van der Waals surface area (Å²) in [5.74, 6) is -1.62. The Morgan fingerprint density at radius 2 is 2.05 bits per heavy atom. The third-order valence-electron chi connectivity index (χ3n) is 2.60. The predicted octanol–water partition coefficient (Wildman–Crippen LogP) is 0.681. The van der Waals surface area contributed by atoms with Gasteiger partial charge in [0.2, 0.25) is 0 Å². The second kappa shape index (κ2) is 4.52. The van der Waals surface area contributed by atoms with Gasteiger partial charge in [0.25, 0.3) is 5.91 Å². The molecule has 98 valence electrons. The van der Waals surface area contributed by atoms with Gasteiger partial charge in [-0.1, -0.05) is 0 Å². The van der Waals surface area contributed by atoms with Gasteiger partial charge >= 0.3 is 5.97 Å². The number of nitrogens with zero attached hydrogens (tertiary/aromatic N) is 3. The maximum absolute atomic E-state index is 11.3. The molecule has 0 aliphatic heterocycles. The molecule has 0 aromatic carbocycles. The van der Waals surface area contributed by atoms with E-state index in [-0.39, 0.29) is 17.1 Å². The van der Waals surface area contributed by atoms with Crippen molar-refractivity contribution in [3.63, 3.8) is 0 Å². The first-order valence-corrected chi connectivity index (χ1v) is 5.47. The van der Waals surface area contributed by atoms with Gasteiger partial charge in [-0.05, 0) is 31.5 Å². The van der Waals surface area contributed by atoms with Gasteiger partial charge in [0, 0.05) is 11.9 Å². The van der Waals surface area contributed by atoms with E-state index in [1.807, 2.05) is 0 Å². The van der Waals surface area contributed by atoms with Gasteiger partial charge in [-0.2, -0.15) is 5.10 Å². The Hall–Kier alpha value is -2.70. The van der Waals surface area contributed by atoms with Crippen LogP contribution in [0.4, 0.5) is 0 Å². The molecule has 1 amide bonds. The van der Waals surface area contributed by atoms with Crippen molar-refractivity contribution >= 4 is 11.9 Å². The zero-order valence-electron chi connectivity index (χ0n) is 10.4. The number of carboxylic acid groups (broad SMARTS) is 1. The highest BCUT2D eigenvalue weighted by atomic mass is 16.4. The maximum Gasteiger partial charge on any atom is 0.339 e. The molecular formula is C12H12N4O3. The van der Waals surface area contributed by atoms with Crippen LogP contribution in [0.3, 0.4) is 0 Å². The predicted molar refractivity (Wildman–Crippen MR) is 66.3 cm³/mol. The molecule has 0 saturated carbocycles. The van der Waals surface area contributed by atoms with Crippen LogP contribution in [0.5, 0.6) is 0 Å². The Morgan fingerprint density at radius 3 is 2.58 bits per heavy atom. The van der Waals surface area contributed by atoms with Crippen molar-refractivity contribution < 1.29 is 14.7 Å². The molecule has 7 nitrogen and oxygen atoms in total. The average molecular weight is 260 g/mol. The standard InChI is InChI=1S/C12H12N4O3/c1-6-5-7(2)14-11(9(6)12(18)19)16-4-3-8(15-16)10(13)17/h3-5H,1-2H3,(H2,13,17)(H,18,19). The summed E-state index contributed by atoms with van der Waals surface area (Å²) in [5.41, 5.74) is 6.45. The highest BCUT2D eigenvalue weighted by Crippen LogP contribution is 2.17. The molecule has 7 heteroatoms. The summed E-state index contributed by atoms with van der Waals surface area (Å²) in [6.45, 7) is 3.43. The molecular weight excluding hydrogens is 248 g/mol. The summed E-state index contributed by atoms with van der Waals surface area (Å²) < 4.78 is 1.24. The summed E-state index contributed by atoms with van der Waals surface area (Å²) in [7, 11) is 0. The van der Waals surface area contributed by atoms with Crippen molar-refractivity contribution in [2.24, 2.45) is 5.73 Å². The number of aromatic carboxylic acids is 1. The second-order valence-corrected chi connectivity index (χ2v) is 4.09. The first kappa shape index (κ1) is 12.7. The van der Waals surface area contributed by atoms with Crippen LogP contribution in [-0.4, -0.2) is 31.7 Å². The van der Waals surface area contributed by atoms with Crippen molar-refractivity contribution in [3.8, 4) is 5.82 Å². The van der Waals surface area contributed by atoms with E-state index in [2.05, 4.69) is 10.1 Å². The monoisotopic (exact) mass is 260 g/mol. The van der Waals surface area contributed by atoms with Crippen LogP contribution in [0.1, 0.15) is 32.1 Å². The van der Waals surface area contributed by atoms with E-state index in [1.165, 1.54) is 16.9 Å². The minimum atomic E-state index is -1.10. The van der Waals surface area contributed by atoms with Crippen molar-refractivity contribution in [3.05, 3.63) is 40.8 Å². The molecule has 0 fully saturated rings. The highest BCUT2D eigenvalue weighted by Gasteiger charge is 2.18. The van der Waals surface area contributed by atoms with Crippen LogP contribution < -0.4 is 5.73 Å². The molecule has 2 rings (SSSR count). The Kier molecular flexibility index (Phi) is 3.04. The van der Waals surface area contributed by atoms with Crippen molar-refractivity contribution in [1.82, 2.24) is 14.8 Å². The lowest BCUT2D eigenvalue weighted by Crippen LogP contribution is -2.14. The molecule has 0 bridgehead atoms. The molecule has 0 spiro atoms. The van der Waals surface area contributed by atoms with Crippen LogP contribution in [0.2, 0.25) is 0 Å². The van der Waals surface area contributed by atoms with Crippen LogP contribution >= 0.6 is 0 Å². The third kappa shape index (κ3) is 2.30. The topological polar surface area (TPSA) is 111 Å². The van der Waals surface area contributed by atoms with Gasteiger partial charge in [-0.25, -0.2) is 14.5 Å². The van der Waals surface area contributed by atoms with E-state index in [1.54, 1.807) is 19.9 Å². The first-order chi connectivity index (χ1) is 8.90. The highest BCUT2D eigenvalue weighted by molar-refractivity contribution is 5.93. The summed E-state index contributed by atoms with van der Waals surface area (Å²) in [5, 5.41) is 13.2. The van der Waals surface area contributed by atoms with E-state index >= 15 is 0 Å². The van der Waals surface area contributed by atoms with Crippen LogP contribution in [0, 0.1) is 13.8 Å². The number of carbonyl (C=O) groups is 2. The van der Waals surface area contributed by atoms with Crippen LogP contribution in [0.15, 0.2) is 18.3 Å². The molecule has 0 radical (unpaired) electrons. The summed E-state index contributed by atoms with van der Waals surface area (Å²) in [6, 6.07) is 3.08. The number of nitrogens with two attached hydrogens (primary N) is 1. The number of aromatic nitrogens is 3. The van der Waals surface area contributed by atoms with Crippen LogP contribution in [0.25, 0.3) is 5.82 Å². The molecule has 0 unspecified atom stereocenters. The van der Waals surface area contributed by atoms with Crippen molar-refractivity contribution in [1.29, 1.82) is 0 Å². The van der Waals surface area contributed by atoms with Gasteiger partial charge in [-0.3, -0.25) is 4.79 Å². The lowest BCUT2D eigenvalue weighted by atomic mass is 10.1. The number of rotatable bonds is 3. The van der Waals surface area contributed by atoms with Crippen molar-refractivity contribution in [2.75, 3.05) is 0 Å². The number of pyridine rings is 1. The van der Waals surface area contributed by atoms with E-state index in [4.69, 9.17) is 5.73 Å². The number of aryl methyl sites for hydroxylation is 2. The minimum Gasteiger partial charge on any atom is -0.478 e. The average Bonchev–Trinajstić information content (AvgIpc) is 2.76. The quantitative estimate of drug-likeness (QED) is 0.842. The molecule has 2 aromatic rings. The summed E-state index contributed by atoms with van der Waals surface area (Å²) >= 11 is 0. The zero-order chi connectivity index (χ0) is 14.2. The molecule has 0 atom stereocenters. The normalized spacial score (nSPS) is 10.4. The minimum absolute atomic E-state index is 0.0460. The Balaban J connectivity index is 2.66. The Morgan fingerprint density at radius 1 is 1.37 bits per heavy atom. The maximum atomic E-state index is 11.3. The lowest BCUT2D eigenvalue weighted by Gasteiger charge is -2.09. The Labute approximate surface area is 108 Å². The third-order valence-corrected chi connectivity index (χ3v) is 2.60. The molecule has 0 aliphatic carbocycles. The second-order valence-electron chi connectivity index (χ2n) is 4.09. The molecule has 3 N–H and O–H groups in total. The molecule has 2 aromatic heterocycles. The number of hydrogen-bond donors (Lipinski definition) is 2. The fraction of sp³-hybridized carbons (Fsp3) is 0.167. The van der Waals surface area contributed by atoms with Crippen molar-refractivity contribution in [2.45, 2.75) is 13.8 Å². The summed E-state index contributed by atoms with van der Waals surface area (Å²) in [6.07, 6.45) is 1.45. The Bertz CT molecular complexity index is 676. The molecule has 19 heavy (non-hydrogen) atoms. The van der Waals surface area contributed by atoms with Gasteiger partial charge < -0.3 is 10.8 Å². The van der Waals surface area contributed by atoms with Gasteiger partial charge in [-0.15, -0.1) is 0 Å². The van der Waals surface area contributed by atoms with E-state index < -0.39 is 11.9 Å². The number of hydrogen-bond acceptors (Lipinski definition) is 4. The van der Waals surface area contributed by atoms with E-state index in [9.17, 15) is 14.7 Å². The smallest absolute Gasteiger partial charge is 0.339 e. The number of carboxylic acids is 1. The van der Waals surface area contributed by atoms with Gasteiger partial charge in [0.1, 0.15) is 11.3 Å². The molecule has 0 aliphatic rings. The largest absolute Gasteiger partial charge is 0.478 e. The van der Waals surface area contributed by atoms with Crippen LogP contribution in [-0.2, 0) is 0 Å². The number of amides is 1. The fourth-order valence-electron chi connectivity index (χ4n) is 1.82. The zero-order valence-corrected chi connectivity index (χ0v) is 10.4. The molecule has 2 heterocycles. The van der Waals surface area contributed by atoms with Gasteiger partial charge in [0.05, 0.1) is 0 Å². The number of primary amides is 1. The fourth-order valence-corrected chi connectivity index (χ4v) is 1.82.